The number of rotatable bonds is 2. The van der Waals surface area contributed by atoms with Crippen molar-refractivity contribution < 1.29 is 9.31 Å². The lowest BCUT2D eigenvalue weighted by atomic mass is 10.4. The molecule has 0 unspecified atom stereocenters. The standard InChI is InChI=1S/C5H10Si.C2H7BO2/c1-5-6(2,3)4;1-4-3-5-2/h1H,2-4H3;3H,1-2H3. The molecule has 0 fully saturated rings. The molecule has 0 spiro atoms. The third-order valence-electron chi connectivity index (χ3n) is 0.669. The van der Waals surface area contributed by atoms with E-state index in [1.54, 1.807) is 14.2 Å². The van der Waals surface area contributed by atoms with Gasteiger partial charge in [-0.3, -0.25) is 0 Å². The lowest BCUT2D eigenvalue weighted by Gasteiger charge is -2.00. The van der Waals surface area contributed by atoms with E-state index >= 15 is 0 Å². The van der Waals surface area contributed by atoms with Gasteiger partial charge in [0.15, 0.2) is 0 Å². The molecule has 0 heterocycles. The maximum Gasteiger partial charge on any atom is 0.437 e. The van der Waals surface area contributed by atoms with Crippen molar-refractivity contribution in [2.75, 3.05) is 14.2 Å². The first kappa shape index (κ1) is 13.4. The second-order valence-electron chi connectivity index (χ2n) is 3.09. The number of hydrogen-bond acceptors (Lipinski definition) is 2. The lowest BCUT2D eigenvalue weighted by molar-refractivity contribution is 0.309. The fourth-order valence-electron chi connectivity index (χ4n) is 0.118. The van der Waals surface area contributed by atoms with Crippen LogP contribution >= 0.6 is 0 Å². The van der Waals surface area contributed by atoms with Crippen LogP contribution in [0.4, 0.5) is 0 Å². The van der Waals surface area contributed by atoms with Crippen LogP contribution < -0.4 is 0 Å². The van der Waals surface area contributed by atoms with Gasteiger partial charge >= 0.3 is 7.69 Å². The average molecular weight is 172 g/mol. The molecule has 0 aliphatic heterocycles. The first-order valence-corrected chi connectivity index (χ1v) is 6.93. The second-order valence-corrected chi connectivity index (χ2v) is 7.88. The third-order valence-corrected chi connectivity index (χ3v) is 1.53. The quantitative estimate of drug-likeness (QED) is 0.457. The van der Waals surface area contributed by atoms with Gasteiger partial charge in [0.1, 0.15) is 8.07 Å². The van der Waals surface area contributed by atoms with Crippen LogP contribution in [0.15, 0.2) is 0 Å². The van der Waals surface area contributed by atoms with E-state index in [9.17, 15) is 0 Å². The van der Waals surface area contributed by atoms with E-state index in [0.29, 0.717) is 7.69 Å². The predicted molar refractivity (Wildman–Crippen MR) is 53.3 cm³/mol. The molecular formula is C7H17BO2Si. The van der Waals surface area contributed by atoms with Crippen molar-refractivity contribution in [2.24, 2.45) is 0 Å². The zero-order valence-electron chi connectivity index (χ0n) is 8.10. The summed E-state index contributed by atoms with van der Waals surface area (Å²) in [5.41, 5.74) is 2.74. The summed E-state index contributed by atoms with van der Waals surface area (Å²) in [4.78, 5) is 0. The monoisotopic (exact) mass is 172 g/mol. The van der Waals surface area contributed by atoms with E-state index in [0.717, 1.165) is 0 Å². The van der Waals surface area contributed by atoms with Crippen molar-refractivity contribution in [1.82, 2.24) is 0 Å². The van der Waals surface area contributed by atoms with Crippen molar-refractivity contribution in [3.63, 3.8) is 0 Å². The third kappa shape index (κ3) is 25.9. The molecule has 0 rings (SSSR count). The maximum atomic E-state index is 5.12. The van der Waals surface area contributed by atoms with Crippen molar-refractivity contribution in [2.45, 2.75) is 19.6 Å². The zero-order chi connectivity index (χ0) is 9.33. The first-order chi connectivity index (χ1) is 4.97. The van der Waals surface area contributed by atoms with Gasteiger partial charge in [-0.05, 0) is 0 Å². The highest BCUT2D eigenvalue weighted by atomic mass is 28.3. The zero-order valence-corrected chi connectivity index (χ0v) is 9.10. The highest BCUT2D eigenvalue weighted by Gasteiger charge is 2.05. The van der Waals surface area contributed by atoms with Gasteiger partial charge in [-0.25, -0.2) is 0 Å². The molecule has 0 atom stereocenters. The van der Waals surface area contributed by atoms with Gasteiger partial charge in [-0.1, -0.05) is 19.6 Å². The van der Waals surface area contributed by atoms with Crippen molar-refractivity contribution in [1.29, 1.82) is 0 Å². The van der Waals surface area contributed by atoms with Crippen LogP contribution in [0.3, 0.4) is 0 Å². The van der Waals surface area contributed by atoms with E-state index in [-0.39, 0.29) is 0 Å². The Labute approximate surface area is 71.6 Å². The molecule has 2 nitrogen and oxygen atoms in total. The Bertz CT molecular complexity index is 113. The predicted octanol–water partition coefficient (Wildman–Crippen LogP) is 1.04. The van der Waals surface area contributed by atoms with Crippen molar-refractivity contribution in [3.8, 4) is 12.0 Å². The Kier molecular flexibility index (Phi) is 9.55. The van der Waals surface area contributed by atoms with E-state index in [2.05, 4.69) is 34.5 Å². The molecule has 0 bridgehead atoms. The van der Waals surface area contributed by atoms with Crippen LogP contribution in [-0.4, -0.2) is 30.0 Å². The molecule has 0 saturated heterocycles. The topological polar surface area (TPSA) is 18.5 Å². The van der Waals surface area contributed by atoms with Gasteiger partial charge in [0, 0.05) is 14.2 Å². The van der Waals surface area contributed by atoms with Crippen LogP contribution in [0.5, 0.6) is 0 Å². The molecule has 0 amide bonds. The Hall–Kier alpha value is -0.238. The molecule has 0 N–H and O–H groups in total. The average Bonchev–Trinajstić information content (AvgIpc) is 1.90. The van der Waals surface area contributed by atoms with Crippen LogP contribution in [0, 0.1) is 12.0 Å². The largest absolute Gasteiger partial charge is 0.437 e. The van der Waals surface area contributed by atoms with Gasteiger partial charge in [-0.15, -0.1) is 12.0 Å². The molecule has 0 radical (unpaired) electrons. The lowest BCUT2D eigenvalue weighted by Crippen LogP contribution is -2.15. The van der Waals surface area contributed by atoms with Crippen LogP contribution in [0.1, 0.15) is 0 Å². The fraction of sp³-hybridized carbons (Fsp3) is 0.714. The summed E-state index contributed by atoms with van der Waals surface area (Å²) in [6.07, 6.45) is 5.12. The molecule has 0 aromatic rings. The fourth-order valence-corrected chi connectivity index (χ4v) is 0.118. The summed E-state index contributed by atoms with van der Waals surface area (Å²) in [6.45, 7) is 6.44. The minimum absolute atomic E-state index is 0.389. The van der Waals surface area contributed by atoms with E-state index in [4.69, 9.17) is 6.42 Å². The van der Waals surface area contributed by atoms with Gasteiger partial charge in [0.05, 0.1) is 0 Å². The van der Waals surface area contributed by atoms with Crippen LogP contribution in [0.25, 0.3) is 0 Å². The Morgan fingerprint density at radius 2 is 1.45 bits per heavy atom. The number of terminal acetylenes is 1. The molecule has 11 heavy (non-hydrogen) atoms. The summed E-state index contributed by atoms with van der Waals surface area (Å²) < 4.78 is 8.94. The molecule has 64 valence electrons. The van der Waals surface area contributed by atoms with E-state index in [1.807, 2.05) is 0 Å². The maximum absolute atomic E-state index is 5.12. The van der Waals surface area contributed by atoms with Crippen LogP contribution in [-0.2, 0) is 9.31 Å². The Morgan fingerprint density at radius 1 is 1.18 bits per heavy atom. The molecular weight excluding hydrogens is 155 g/mol. The van der Waals surface area contributed by atoms with Gasteiger partial charge in [-0.2, -0.15) is 0 Å². The number of hydrogen-bond donors (Lipinski definition) is 0. The van der Waals surface area contributed by atoms with Crippen molar-refractivity contribution >= 4 is 15.8 Å². The summed E-state index contributed by atoms with van der Waals surface area (Å²) in [7, 11) is 2.46. The molecule has 0 aromatic carbocycles. The summed E-state index contributed by atoms with van der Waals surface area (Å²) in [5, 5.41) is 0. The molecule has 0 saturated carbocycles. The molecule has 0 aliphatic rings. The normalized spacial score (nSPS) is 9.09. The van der Waals surface area contributed by atoms with E-state index in [1.165, 1.54) is 0 Å². The molecule has 0 aliphatic carbocycles. The van der Waals surface area contributed by atoms with Crippen LogP contribution in [0.2, 0.25) is 19.6 Å². The van der Waals surface area contributed by atoms with Gasteiger partial charge in [0.2, 0.25) is 0 Å². The summed E-state index contributed by atoms with van der Waals surface area (Å²) >= 11 is 0. The molecule has 4 heteroatoms. The van der Waals surface area contributed by atoms with E-state index < -0.39 is 8.07 Å². The van der Waals surface area contributed by atoms with Crippen molar-refractivity contribution in [3.05, 3.63) is 0 Å². The van der Waals surface area contributed by atoms with Gasteiger partial charge in [0.25, 0.3) is 0 Å². The highest BCUT2D eigenvalue weighted by molar-refractivity contribution is 6.83. The summed E-state index contributed by atoms with van der Waals surface area (Å²) in [6, 6.07) is 0. The highest BCUT2D eigenvalue weighted by Crippen LogP contribution is 1.94. The Morgan fingerprint density at radius 3 is 1.45 bits per heavy atom. The first-order valence-electron chi connectivity index (χ1n) is 3.43. The van der Waals surface area contributed by atoms with Gasteiger partial charge < -0.3 is 9.31 Å². The Balaban J connectivity index is 0. The SMILES string of the molecule is C#C[Si](C)(C)C.COBOC. The summed E-state index contributed by atoms with van der Waals surface area (Å²) in [5.74, 6) is 0. The second kappa shape index (κ2) is 7.86. The smallest absolute Gasteiger partial charge is 0.417 e. The minimum atomic E-state index is -1.10. The minimum Gasteiger partial charge on any atom is -0.417 e. The molecule has 0 aromatic heterocycles.